The summed E-state index contributed by atoms with van der Waals surface area (Å²) in [5, 5.41) is 8.86. The van der Waals surface area contributed by atoms with Gasteiger partial charge in [0.1, 0.15) is 6.07 Å². The molecular weight excluding hydrogens is 262 g/mol. The zero-order valence-electron chi connectivity index (χ0n) is 11.3. The summed E-state index contributed by atoms with van der Waals surface area (Å²) in [7, 11) is 4.50. The lowest BCUT2D eigenvalue weighted by Gasteiger charge is -2.13. The van der Waals surface area contributed by atoms with Gasteiger partial charge in [0.15, 0.2) is 11.5 Å². The van der Waals surface area contributed by atoms with Crippen LogP contribution in [0.1, 0.15) is 5.69 Å². The van der Waals surface area contributed by atoms with Gasteiger partial charge in [-0.1, -0.05) is 0 Å². The molecule has 0 aliphatic carbocycles. The van der Waals surface area contributed by atoms with Gasteiger partial charge in [-0.15, -0.1) is 0 Å². The summed E-state index contributed by atoms with van der Waals surface area (Å²) < 4.78 is 21.0. The second-order valence-electron chi connectivity index (χ2n) is 3.73. The summed E-state index contributed by atoms with van der Waals surface area (Å²) in [4.78, 5) is 4.01. The van der Waals surface area contributed by atoms with Crippen LogP contribution >= 0.6 is 0 Å². The minimum atomic E-state index is -0.0423. The van der Waals surface area contributed by atoms with Crippen LogP contribution in [0.2, 0.25) is 0 Å². The standard InChI is InChI=1S/C13H13N3O4/c1-17-9-5-4-7(10(18-2)11(9)19-3)13-16-8(6-14)12(15)20-13/h4-5H,15H2,1-3H3. The van der Waals surface area contributed by atoms with Crippen molar-refractivity contribution in [1.82, 2.24) is 4.98 Å². The lowest BCUT2D eigenvalue weighted by Crippen LogP contribution is -1.97. The highest BCUT2D eigenvalue weighted by Crippen LogP contribution is 2.44. The van der Waals surface area contributed by atoms with Crippen molar-refractivity contribution in [3.63, 3.8) is 0 Å². The van der Waals surface area contributed by atoms with E-state index in [-0.39, 0.29) is 17.5 Å². The number of ether oxygens (including phenoxy) is 3. The van der Waals surface area contributed by atoms with E-state index in [4.69, 9.17) is 29.6 Å². The third-order valence-corrected chi connectivity index (χ3v) is 2.69. The Hall–Kier alpha value is -2.88. The van der Waals surface area contributed by atoms with Crippen LogP contribution in [0.3, 0.4) is 0 Å². The van der Waals surface area contributed by atoms with Crippen molar-refractivity contribution in [2.75, 3.05) is 27.1 Å². The van der Waals surface area contributed by atoms with E-state index in [0.29, 0.717) is 22.8 Å². The van der Waals surface area contributed by atoms with Gasteiger partial charge in [-0.3, -0.25) is 0 Å². The maximum atomic E-state index is 8.86. The molecule has 2 N–H and O–H groups in total. The Kier molecular flexibility index (Phi) is 3.66. The Bertz CT molecular complexity index is 673. The fraction of sp³-hybridized carbons (Fsp3) is 0.231. The first-order valence-corrected chi connectivity index (χ1v) is 5.62. The second-order valence-corrected chi connectivity index (χ2v) is 3.73. The van der Waals surface area contributed by atoms with E-state index in [0.717, 1.165) is 0 Å². The van der Waals surface area contributed by atoms with E-state index in [1.165, 1.54) is 21.3 Å². The van der Waals surface area contributed by atoms with Crippen LogP contribution in [-0.2, 0) is 0 Å². The molecule has 0 amide bonds. The highest BCUT2D eigenvalue weighted by Gasteiger charge is 2.21. The number of rotatable bonds is 4. The molecule has 7 heteroatoms. The highest BCUT2D eigenvalue weighted by atomic mass is 16.5. The fourth-order valence-electron chi connectivity index (χ4n) is 1.80. The quantitative estimate of drug-likeness (QED) is 0.907. The summed E-state index contributed by atoms with van der Waals surface area (Å²) in [6, 6.07) is 5.22. The van der Waals surface area contributed by atoms with Gasteiger partial charge in [-0.05, 0) is 12.1 Å². The van der Waals surface area contributed by atoms with E-state index in [1.807, 2.05) is 6.07 Å². The van der Waals surface area contributed by atoms with Gasteiger partial charge in [-0.2, -0.15) is 10.2 Å². The Balaban J connectivity index is 2.65. The topological polar surface area (TPSA) is 104 Å². The third-order valence-electron chi connectivity index (χ3n) is 2.69. The minimum Gasteiger partial charge on any atom is -0.493 e. The maximum absolute atomic E-state index is 8.86. The van der Waals surface area contributed by atoms with Crippen LogP contribution in [0.15, 0.2) is 16.5 Å². The second kappa shape index (κ2) is 5.40. The first-order valence-electron chi connectivity index (χ1n) is 5.62. The van der Waals surface area contributed by atoms with E-state index in [2.05, 4.69) is 4.98 Å². The van der Waals surface area contributed by atoms with E-state index in [9.17, 15) is 0 Å². The van der Waals surface area contributed by atoms with E-state index >= 15 is 0 Å². The number of methoxy groups -OCH3 is 3. The Morgan fingerprint density at radius 1 is 1.15 bits per heavy atom. The number of anilines is 1. The number of benzene rings is 1. The molecule has 104 valence electrons. The molecule has 0 saturated heterocycles. The number of nitriles is 1. The molecule has 0 fully saturated rings. The summed E-state index contributed by atoms with van der Waals surface area (Å²) in [6.07, 6.45) is 0. The molecule has 0 aliphatic heterocycles. The average Bonchev–Trinajstić information content (AvgIpc) is 2.86. The van der Waals surface area contributed by atoms with Crippen LogP contribution in [0.25, 0.3) is 11.5 Å². The molecule has 2 aromatic rings. The molecule has 0 saturated carbocycles. The highest BCUT2D eigenvalue weighted by molar-refractivity contribution is 5.72. The summed E-state index contributed by atoms with van der Waals surface area (Å²) >= 11 is 0. The number of nitrogens with two attached hydrogens (primary N) is 1. The Morgan fingerprint density at radius 3 is 2.35 bits per heavy atom. The summed E-state index contributed by atoms with van der Waals surface area (Å²) in [5.41, 5.74) is 6.10. The fourth-order valence-corrected chi connectivity index (χ4v) is 1.80. The van der Waals surface area contributed by atoms with Gasteiger partial charge in [0.2, 0.25) is 23.2 Å². The SMILES string of the molecule is COc1ccc(-c2nc(C#N)c(N)o2)c(OC)c1OC. The first-order chi connectivity index (χ1) is 9.65. The van der Waals surface area contributed by atoms with Crippen molar-refractivity contribution in [3.8, 4) is 34.8 Å². The zero-order chi connectivity index (χ0) is 14.7. The zero-order valence-corrected chi connectivity index (χ0v) is 11.3. The molecule has 1 aromatic carbocycles. The van der Waals surface area contributed by atoms with E-state index < -0.39 is 0 Å². The normalized spacial score (nSPS) is 9.90. The number of nitrogen functional groups attached to an aromatic ring is 1. The van der Waals surface area contributed by atoms with Crippen molar-refractivity contribution >= 4 is 5.88 Å². The predicted molar refractivity (Wildman–Crippen MR) is 70.7 cm³/mol. The number of hydrogen-bond donors (Lipinski definition) is 1. The van der Waals surface area contributed by atoms with Crippen molar-refractivity contribution < 1.29 is 18.6 Å². The number of oxazole rings is 1. The van der Waals surface area contributed by atoms with E-state index in [1.54, 1.807) is 12.1 Å². The molecule has 0 aliphatic rings. The van der Waals surface area contributed by atoms with Crippen molar-refractivity contribution in [2.45, 2.75) is 0 Å². The van der Waals surface area contributed by atoms with Crippen LogP contribution in [0.5, 0.6) is 17.2 Å². The lowest BCUT2D eigenvalue weighted by atomic mass is 10.1. The number of aromatic nitrogens is 1. The molecule has 0 bridgehead atoms. The maximum Gasteiger partial charge on any atom is 0.233 e. The summed E-state index contributed by atoms with van der Waals surface area (Å²) in [5.74, 6) is 1.43. The van der Waals surface area contributed by atoms with Gasteiger partial charge < -0.3 is 24.4 Å². The molecule has 20 heavy (non-hydrogen) atoms. The Morgan fingerprint density at radius 2 is 1.85 bits per heavy atom. The monoisotopic (exact) mass is 275 g/mol. The van der Waals surface area contributed by atoms with Gasteiger partial charge >= 0.3 is 0 Å². The van der Waals surface area contributed by atoms with Gasteiger partial charge in [0, 0.05) is 0 Å². The third kappa shape index (κ3) is 2.07. The van der Waals surface area contributed by atoms with Crippen LogP contribution in [0.4, 0.5) is 5.88 Å². The average molecular weight is 275 g/mol. The largest absolute Gasteiger partial charge is 0.493 e. The number of nitrogens with zero attached hydrogens (tertiary/aromatic N) is 2. The lowest BCUT2D eigenvalue weighted by molar-refractivity contribution is 0.324. The van der Waals surface area contributed by atoms with Gasteiger partial charge in [0.05, 0.1) is 26.9 Å². The molecule has 2 rings (SSSR count). The molecule has 0 spiro atoms. The van der Waals surface area contributed by atoms with Crippen LogP contribution < -0.4 is 19.9 Å². The smallest absolute Gasteiger partial charge is 0.233 e. The van der Waals surface area contributed by atoms with Crippen LogP contribution in [-0.4, -0.2) is 26.3 Å². The van der Waals surface area contributed by atoms with Gasteiger partial charge in [-0.25, -0.2) is 0 Å². The first kappa shape index (κ1) is 13.5. The molecule has 0 unspecified atom stereocenters. The van der Waals surface area contributed by atoms with Gasteiger partial charge in [0.25, 0.3) is 0 Å². The Labute approximate surface area is 115 Å². The van der Waals surface area contributed by atoms with Crippen molar-refractivity contribution in [1.29, 1.82) is 5.26 Å². The predicted octanol–water partition coefficient (Wildman–Crippen LogP) is 1.82. The minimum absolute atomic E-state index is 0.0248. The molecule has 0 radical (unpaired) electrons. The van der Waals surface area contributed by atoms with Crippen molar-refractivity contribution in [3.05, 3.63) is 17.8 Å². The molecule has 1 aromatic heterocycles. The molecule has 0 atom stereocenters. The number of hydrogen-bond acceptors (Lipinski definition) is 7. The van der Waals surface area contributed by atoms with Crippen LogP contribution in [0, 0.1) is 11.3 Å². The summed E-state index contributed by atoms with van der Waals surface area (Å²) in [6.45, 7) is 0. The molecule has 7 nitrogen and oxygen atoms in total. The molecule has 1 heterocycles. The molecular formula is C13H13N3O4. The van der Waals surface area contributed by atoms with Crippen molar-refractivity contribution in [2.24, 2.45) is 0 Å².